The summed E-state index contributed by atoms with van der Waals surface area (Å²) in [4.78, 5) is 14.2. The molecule has 30 heavy (non-hydrogen) atoms. The SMILES string of the molecule is O=C(CN1CCN(S(=O)(=O)c2ccc(Br)cc2)CC1)N/N=C\c1ccc(O)cc1O. The smallest absolute Gasteiger partial charge is 0.254 e. The van der Waals surface area contributed by atoms with Crippen LogP contribution < -0.4 is 5.43 Å². The summed E-state index contributed by atoms with van der Waals surface area (Å²) in [7, 11) is -3.56. The predicted octanol–water partition coefficient (Wildman–Crippen LogP) is 1.32. The van der Waals surface area contributed by atoms with E-state index in [1.165, 1.54) is 28.7 Å². The topological polar surface area (TPSA) is 123 Å². The Balaban J connectivity index is 1.48. The van der Waals surface area contributed by atoms with E-state index in [-0.39, 0.29) is 41.9 Å². The molecule has 0 atom stereocenters. The number of hydrogen-bond acceptors (Lipinski definition) is 7. The lowest BCUT2D eigenvalue weighted by molar-refractivity contribution is -0.122. The van der Waals surface area contributed by atoms with E-state index in [1.54, 1.807) is 24.3 Å². The molecule has 1 fully saturated rings. The molecule has 0 saturated carbocycles. The van der Waals surface area contributed by atoms with Crippen molar-refractivity contribution in [3.05, 3.63) is 52.5 Å². The van der Waals surface area contributed by atoms with Crippen LogP contribution in [0, 0.1) is 0 Å². The molecule has 2 aromatic carbocycles. The van der Waals surface area contributed by atoms with Crippen molar-refractivity contribution in [3.63, 3.8) is 0 Å². The number of rotatable bonds is 6. The standard InChI is InChI=1S/C19H21BrN4O5S/c20-15-2-5-17(6-3-15)30(28,29)24-9-7-23(8-10-24)13-19(27)22-21-12-14-1-4-16(25)11-18(14)26/h1-6,11-12,25-26H,7-10,13H2,(H,22,27)/b21-12-. The van der Waals surface area contributed by atoms with E-state index in [0.717, 1.165) is 4.47 Å². The van der Waals surface area contributed by atoms with Gasteiger partial charge in [0.1, 0.15) is 11.5 Å². The highest BCUT2D eigenvalue weighted by atomic mass is 79.9. The van der Waals surface area contributed by atoms with Crippen molar-refractivity contribution in [1.29, 1.82) is 0 Å². The van der Waals surface area contributed by atoms with Crippen LogP contribution in [0.25, 0.3) is 0 Å². The molecule has 0 aliphatic carbocycles. The maximum absolute atomic E-state index is 12.7. The van der Waals surface area contributed by atoms with Crippen molar-refractivity contribution in [1.82, 2.24) is 14.6 Å². The lowest BCUT2D eigenvalue weighted by atomic mass is 10.2. The predicted molar refractivity (Wildman–Crippen MR) is 115 cm³/mol. The molecule has 3 N–H and O–H groups in total. The number of hydrazone groups is 1. The van der Waals surface area contributed by atoms with E-state index < -0.39 is 10.0 Å². The van der Waals surface area contributed by atoms with Gasteiger partial charge in [0.05, 0.1) is 17.7 Å². The molecule has 1 aliphatic heterocycles. The Kier molecular flexibility index (Phi) is 7.08. The second-order valence-electron chi connectivity index (χ2n) is 6.67. The molecule has 2 aromatic rings. The van der Waals surface area contributed by atoms with Gasteiger partial charge in [0.25, 0.3) is 5.91 Å². The number of carbonyl (C=O) groups is 1. The van der Waals surface area contributed by atoms with Gasteiger partial charge >= 0.3 is 0 Å². The van der Waals surface area contributed by atoms with E-state index in [4.69, 9.17) is 0 Å². The molecule has 1 amide bonds. The minimum Gasteiger partial charge on any atom is -0.508 e. The number of nitrogens with one attached hydrogen (secondary N) is 1. The summed E-state index contributed by atoms with van der Waals surface area (Å²) in [5.41, 5.74) is 2.72. The monoisotopic (exact) mass is 496 g/mol. The van der Waals surface area contributed by atoms with Crippen molar-refractivity contribution in [3.8, 4) is 11.5 Å². The minimum absolute atomic E-state index is 0.0741. The quantitative estimate of drug-likeness (QED) is 0.409. The van der Waals surface area contributed by atoms with E-state index in [2.05, 4.69) is 26.5 Å². The second kappa shape index (κ2) is 9.56. The van der Waals surface area contributed by atoms with Gasteiger partial charge < -0.3 is 10.2 Å². The number of sulfonamides is 1. The number of aromatic hydroxyl groups is 2. The molecule has 1 aliphatic rings. The van der Waals surface area contributed by atoms with Crippen LogP contribution in [0.4, 0.5) is 0 Å². The van der Waals surface area contributed by atoms with E-state index in [9.17, 15) is 23.4 Å². The van der Waals surface area contributed by atoms with Crippen LogP contribution in [0.3, 0.4) is 0 Å². The molecule has 11 heteroatoms. The maximum atomic E-state index is 12.7. The molecule has 0 spiro atoms. The average Bonchev–Trinajstić information content (AvgIpc) is 2.70. The molecule has 1 heterocycles. The third-order valence-electron chi connectivity index (χ3n) is 4.56. The highest BCUT2D eigenvalue weighted by Gasteiger charge is 2.28. The third kappa shape index (κ3) is 5.57. The summed E-state index contributed by atoms with van der Waals surface area (Å²) < 4.78 is 27.6. The summed E-state index contributed by atoms with van der Waals surface area (Å²) >= 11 is 3.29. The molecule has 160 valence electrons. The van der Waals surface area contributed by atoms with Gasteiger partial charge in [-0.05, 0) is 36.4 Å². The number of phenolic OH excluding ortho intramolecular Hbond substituents is 2. The van der Waals surface area contributed by atoms with Crippen LogP contribution in [0.1, 0.15) is 5.56 Å². The molecule has 0 bridgehead atoms. The van der Waals surface area contributed by atoms with Gasteiger partial charge in [-0.1, -0.05) is 15.9 Å². The Bertz CT molecular complexity index is 1040. The third-order valence-corrected chi connectivity index (χ3v) is 7.00. The molecule has 3 rings (SSSR count). The first-order chi connectivity index (χ1) is 14.3. The zero-order chi connectivity index (χ0) is 21.7. The molecule has 0 radical (unpaired) electrons. The molecule has 1 saturated heterocycles. The first kappa shape index (κ1) is 22.2. The van der Waals surface area contributed by atoms with Crippen molar-refractivity contribution in [2.75, 3.05) is 32.7 Å². The Hall–Kier alpha value is -2.47. The second-order valence-corrected chi connectivity index (χ2v) is 9.52. The number of piperazine rings is 1. The van der Waals surface area contributed by atoms with E-state index in [1.807, 2.05) is 4.90 Å². The Morgan fingerprint density at radius 1 is 1.10 bits per heavy atom. The normalized spacial score (nSPS) is 16.0. The Morgan fingerprint density at radius 2 is 1.77 bits per heavy atom. The zero-order valence-electron chi connectivity index (χ0n) is 15.9. The number of hydrogen-bond donors (Lipinski definition) is 3. The first-order valence-electron chi connectivity index (χ1n) is 9.07. The first-order valence-corrected chi connectivity index (χ1v) is 11.3. The van der Waals surface area contributed by atoms with Gasteiger partial charge in [-0.15, -0.1) is 0 Å². The van der Waals surface area contributed by atoms with Crippen LogP contribution >= 0.6 is 15.9 Å². The lowest BCUT2D eigenvalue weighted by Gasteiger charge is -2.33. The summed E-state index contributed by atoms with van der Waals surface area (Å²) in [5.74, 6) is -0.584. The maximum Gasteiger partial charge on any atom is 0.254 e. The Morgan fingerprint density at radius 3 is 2.40 bits per heavy atom. The highest BCUT2D eigenvalue weighted by Crippen LogP contribution is 2.21. The molecule has 0 aromatic heterocycles. The number of phenols is 2. The van der Waals surface area contributed by atoms with Crippen LogP contribution in [-0.4, -0.2) is 72.7 Å². The fraction of sp³-hybridized carbons (Fsp3) is 0.263. The highest BCUT2D eigenvalue weighted by molar-refractivity contribution is 9.10. The van der Waals surface area contributed by atoms with Gasteiger partial charge in [-0.2, -0.15) is 9.41 Å². The average molecular weight is 497 g/mol. The summed E-state index contributed by atoms with van der Waals surface area (Å²) in [5, 5.41) is 22.7. The number of nitrogens with zero attached hydrogens (tertiary/aromatic N) is 3. The van der Waals surface area contributed by atoms with Gasteiger partial charge in [0.15, 0.2) is 0 Å². The summed E-state index contributed by atoms with van der Waals surface area (Å²) in [6, 6.07) is 10.5. The molecule has 9 nitrogen and oxygen atoms in total. The largest absolute Gasteiger partial charge is 0.508 e. The Labute approximate surface area is 182 Å². The van der Waals surface area contributed by atoms with Crippen molar-refractivity contribution >= 4 is 38.1 Å². The fourth-order valence-electron chi connectivity index (χ4n) is 2.94. The lowest BCUT2D eigenvalue weighted by Crippen LogP contribution is -2.50. The number of halogens is 1. The number of benzene rings is 2. The van der Waals surface area contributed by atoms with Gasteiger partial charge in [-0.25, -0.2) is 13.8 Å². The molecular weight excluding hydrogens is 476 g/mol. The van der Waals surface area contributed by atoms with E-state index in [0.29, 0.717) is 18.7 Å². The number of amides is 1. The summed E-state index contributed by atoms with van der Waals surface area (Å²) in [6.45, 7) is 1.50. The van der Waals surface area contributed by atoms with Crippen LogP contribution in [0.15, 0.2) is 56.9 Å². The van der Waals surface area contributed by atoms with Crippen molar-refractivity contribution in [2.24, 2.45) is 5.10 Å². The van der Waals surface area contributed by atoms with Crippen LogP contribution in [0.2, 0.25) is 0 Å². The van der Waals surface area contributed by atoms with E-state index >= 15 is 0 Å². The van der Waals surface area contributed by atoms with Crippen molar-refractivity contribution in [2.45, 2.75) is 4.90 Å². The zero-order valence-corrected chi connectivity index (χ0v) is 18.3. The van der Waals surface area contributed by atoms with Gasteiger partial charge in [-0.3, -0.25) is 9.69 Å². The fourth-order valence-corrected chi connectivity index (χ4v) is 4.62. The molecule has 0 unspecified atom stereocenters. The minimum atomic E-state index is -3.56. The van der Waals surface area contributed by atoms with Gasteiger partial charge in [0.2, 0.25) is 10.0 Å². The summed E-state index contributed by atoms with van der Waals surface area (Å²) in [6.07, 6.45) is 1.27. The number of carbonyl (C=O) groups excluding carboxylic acids is 1. The van der Waals surface area contributed by atoms with Crippen LogP contribution in [0.5, 0.6) is 11.5 Å². The molecular formula is C19H21BrN4O5S. The van der Waals surface area contributed by atoms with Crippen LogP contribution in [-0.2, 0) is 14.8 Å². The van der Waals surface area contributed by atoms with Gasteiger partial charge in [0, 0.05) is 42.3 Å². The van der Waals surface area contributed by atoms with Crippen molar-refractivity contribution < 1.29 is 23.4 Å².